The molecule has 8 nitrogen and oxygen atoms in total. The molecule has 0 aliphatic carbocycles. The molecule has 1 saturated heterocycles. The lowest BCUT2D eigenvalue weighted by Crippen LogP contribution is -2.52. The molecule has 0 unspecified atom stereocenters. The van der Waals surface area contributed by atoms with E-state index < -0.39 is 11.9 Å². The van der Waals surface area contributed by atoms with E-state index in [-0.39, 0.29) is 18.2 Å². The Morgan fingerprint density at radius 1 is 1.17 bits per heavy atom. The fourth-order valence-corrected chi connectivity index (χ4v) is 4.22. The van der Waals surface area contributed by atoms with E-state index in [0.717, 1.165) is 34.0 Å². The average molecular weight is 404 g/mol. The number of rotatable bonds is 3. The number of benzene rings is 1. The Balaban J connectivity index is 1.49. The van der Waals surface area contributed by atoms with Gasteiger partial charge in [-0.3, -0.25) is 19.7 Å². The zero-order valence-electron chi connectivity index (χ0n) is 16.6. The van der Waals surface area contributed by atoms with Gasteiger partial charge in [-0.05, 0) is 43.2 Å². The summed E-state index contributed by atoms with van der Waals surface area (Å²) in [5, 5.41) is 2.33. The number of nitrogens with zero attached hydrogens (tertiary/aromatic N) is 3. The highest BCUT2D eigenvalue weighted by Gasteiger charge is 2.39. The predicted molar refractivity (Wildman–Crippen MR) is 107 cm³/mol. The molecule has 0 bridgehead atoms. The molecule has 2 aromatic heterocycles. The SMILES string of the molecule is Cc1ccc(-c2c(-c3ccc4c(c3)CN([C@H]3CCC(=O)NC3=O)C4=O)ncn2C)o1. The van der Waals surface area contributed by atoms with Gasteiger partial charge in [0.15, 0.2) is 5.76 Å². The molecule has 1 N–H and O–H groups in total. The Morgan fingerprint density at radius 3 is 2.73 bits per heavy atom. The minimum Gasteiger partial charge on any atom is -0.460 e. The van der Waals surface area contributed by atoms with Crippen molar-refractivity contribution in [2.45, 2.75) is 32.4 Å². The van der Waals surface area contributed by atoms with E-state index >= 15 is 0 Å². The number of imide groups is 1. The molecule has 3 amide bonds. The number of carbonyl (C=O) groups excluding carboxylic acids is 3. The number of hydrogen-bond donors (Lipinski definition) is 1. The van der Waals surface area contributed by atoms with E-state index in [1.165, 1.54) is 0 Å². The van der Waals surface area contributed by atoms with Crippen LogP contribution >= 0.6 is 0 Å². The van der Waals surface area contributed by atoms with Crippen LogP contribution < -0.4 is 5.32 Å². The van der Waals surface area contributed by atoms with Gasteiger partial charge in [-0.2, -0.15) is 0 Å². The summed E-state index contributed by atoms with van der Waals surface area (Å²) in [5.41, 5.74) is 3.91. The lowest BCUT2D eigenvalue weighted by atomic mass is 10.0. The smallest absolute Gasteiger partial charge is 0.255 e. The van der Waals surface area contributed by atoms with Crippen molar-refractivity contribution in [1.82, 2.24) is 19.8 Å². The van der Waals surface area contributed by atoms with Crippen molar-refractivity contribution in [2.75, 3.05) is 0 Å². The second-order valence-corrected chi connectivity index (χ2v) is 7.73. The number of fused-ring (bicyclic) bond motifs is 1. The summed E-state index contributed by atoms with van der Waals surface area (Å²) in [4.78, 5) is 42.7. The number of furan rings is 1. The number of imidazole rings is 1. The minimum atomic E-state index is -0.623. The van der Waals surface area contributed by atoms with Crippen molar-refractivity contribution in [3.8, 4) is 22.7 Å². The van der Waals surface area contributed by atoms with E-state index in [1.54, 1.807) is 17.3 Å². The fourth-order valence-electron chi connectivity index (χ4n) is 4.22. The van der Waals surface area contributed by atoms with Crippen molar-refractivity contribution in [3.05, 3.63) is 53.5 Å². The van der Waals surface area contributed by atoms with E-state index in [4.69, 9.17) is 4.42 Å². The molecule has 2 aliphatic rings. The molecule has 5 rings (SSSR count). The second kappa shape index (κ2) is 6.69. The number of carbonyl (C=O) groups is 3. The van der Waals surface area contributed by atoms with Crippen LogP contribution in [-0.4, -0.2) is 38.2 Å². The lowest BCUT2D eigenvalue weighted by Gasteiger charge is -2.29. The van der Waals surface area contributed by atoms with Gasteiger partial charge in [0, 0.05) is 31.1 Å². The van der Waals surface area contributed by atoms with Gasteiger partial charge in [0.1, 0.15) is 17.5 Å². The Hall–Kier alpha value is -3.68. The van der Waals surface area contributed by atoms with Crippen LogP contribution in [0.3, 0.4) is 0 Å². The van der Waals surface area contributed by atoms with E-state index in [2.05, 4.69) is 10.3 Å². The Labute approximate surface area is 172 Å². The molecule has 0 spiro atoms. The first kappa shape index (κ1) is 18.4. The summed E-state index contributed by atoms with van der Waals surface area (Å²) in [6.07, 6.45) is 2.32. The van der Waals surface area contributed by atoms with Gasteiger partial charge in [0.05, 0.1) is 12.0 Å². The van der Waals surface area contributed by atoms with Gasteiger partial charge in [-0.15, -0.1) is 0 Å². The summed E-state index contributed by atoms with van der Waals surface area (Å²) < 4.78 is 7.71. The monoisotopic (exact) mass is 404 g/mol. The normalized spacial score (nSPS) is 18.7. The van der Waals surface area contributed by atoms with Crippen LogP contribution in [0.15, 0.2) is 41.1 Å². The van der Waals surface area contributed by atoms with Gasteiger partial charge in [-0.25, -0.2) is 4.98 Å². The summed E-state index contributed by atoms with van der Waals surface area (Å²) >= 11 is 0. The van der Waals surface area contributed by atoms with Gasteiger partial charge >= 0.3 is 0 Å². The lowest BCUT2D eigenvalue weighted by molar-refractivity contribution is -0.136. The van der Waals surface area contributed by atoms with Crippen molar-refractivity contribution < 1.29 is 18.8 Å². The highest BCUT2D eigenvalue weighted by molar-refractivity contribution is 6.05. The molecule has 8 heteroatoms. The highest BCUT2D eigenvalue weighted by atomic mass is 16.3. The number of piperidine rings is 1. The van der Waals surface area contributed by atoms with Crippen LogP contribution in [0.1, 0.15) is 34.5 Å². The van der Waals surface area contributed by atoms with Crippen LogP contribution in [0.4, 0.5) is 0 Å². The van der Waals surface area contributed by atoms with Crippen LogP contribution in [-0.2, 0) is 23.2 Å². The third kappa shape index (κ3) is 2.83. The molecule has 3 aromatic rings. The largest absolute Gasteiger partial charge is 0.460 e. The standard InChI is InChI=1S/C22H20N4O4/c1-12-3-7-17(30-12)20-19(23-11-25(20)2)13-4-5-15-14(9-13)10-26(22(15)29)16-6-8-18(27)24-21(16)28/h3-5,7,9,11,16H,6,8,10H2,1-2H3,(H,24,27,28)/t16-/m0/s1. The number of nitrogens with one attached hydrogen (secondary N) is 1. The maximum absolute atomic E-state index is 12.9. The van der Waals surface area contributed by atoms with Gasteiger partial charge < -0.3 is 13.9 Å². The number of aromatic nitrogens is 2. The van der Waals surface area contributed by atoms with E-state index in [9.17, 15) is 14.4 Å². The molecule has 152 valence electrons. The zero-order chi connectivity index (χ0) is 21.0. The Kier molecular flexibility index (Phi) is 4.09. The van der Waals surface area contributed by atoms with Gasteiger partial charge in [-0.1, -0.05) is 6.07 Å². The Bertz CT molecular complexity index is 1210. The average Bonchev–Trinajstić information content (AvgIpc) is 3.39. The topological polar surface area (TPSA) is 97.4 Å². The molecular formula is C22H20N4O4. The molecule has 1 fully saturated rings. The Morgan fingerprint density at radius 2 is 2.00 bits per heavy atom. The fraction of sp³-hybridized carbons (Fsp3) is 0.273. The quantitative estimate of drug-likeness (QED) is 0.676. The van der Waals surface area contributed by atoms with Crippen molar-refractivity contribution >= 4 is 17.7 Å². The number of hydrogen-bond acceptors (Lipinski definition) is 5. The third-order valence-electron chi connectivity index (χ3n) is 5.71. The molecule has 0 saturated carbocycles. The third-order valence-corrected chi connectivity index (χ3v) is 5.71. The summed E-state index contributed by atoms with van der Waals surface area (Å²) in [6, 6.07) is 8.79. The first-order chi connectivity index (χ1) is 14.4. The molecule has 0 radical (unpaired) electrons. The zero-order valence-corrected chi connectivity index (χ0v) is 16.6. The van der Waals surface area contributed by atoms with Crippen LogP contribution in [0.5, 0.6) is 0 Å². The maximum Gasteiger partial charge on any atom is 0.255 e. The molecule has 4 heterocycles. The molecular weight excluding hydrogens is 384 g/mol. The molecule has 30 heavy (non-hydrogen) atoms. The van der Waals surface area contributed by atoms with E-state index in [1.807, 2.05) is 42.8 Å². The first-order valence-electron chi connectivity index (χ1n) is 9.78. The molecule has 2 aliphatic heterocycles. The summed E-state index contributed by atoms with van der Waals surface area (Å²) in [6.45, 7) is 2.22. The summed E-state index contributed by atoms with van der Waals surface area (Å²) in [5.74, 6) is 0.654. The first-order valence-corrected chi connectivity index (χ1v) is 9.78. The van der Waals surface area contributed by atoms with E-state index in [0.29, 0.717) is 18.5 Å². The number of aryl methyl sites for hydroxylation is 2. The van der Waals surface area contributed by atoms with Crippen molar-refractivity contribution in [2.24, 2.45) is 7.05 Å². The molecule has 1 atom stereocenters. The highest BCUT2D eigenvalue weighted by Crippen LogP contribution is 2.35. The minimum absolute atomic E-state index is 0.186. The summed E-state index contributed by atoms with van der Waals surface area (Å²) in [7, 11) is 1.91. The second-order valence-electron chi connectivity index (χ2n) is 7.73. The van der Waals surface area contributed by atoms with Crippen LogP contribution in [0, 0.1) is 6.92 Å². The predicted octanol–water partition coefficient (Wildman–Crippen LogP) is 2.42. The number of amides is 3. The van der Waals surface area contributed by atoms with Gasteiger partial charge in [0.2, 0.25) is 11.8 Å². The van der Waals surface area contributed by atoms with Crippen molar-refractivity contribution in [1.29, 1.82) is 0 Å². The molecule has 1 aromatic carbocycles. The van der Waals surface area contributed by atoms with Crippen molar-refractivity contribution in [3.63, 3.8) is 0 Å². The van der Waals surface area contributed by atoms with Crippen LogP contribution in [0.25, 0.3) is 22.7 Å². The van der Waals surface area contributed by atoms with Gasteiger partial charge in [0.25, 0.3) is 5.91 Å². The maximum atomic E-state index is 12.9. The van der Waals surface area contributed by atoms with Crippen LogP contribution in [0.2, 0.25) is 0 Å².